The number of nitrogens with zero attached hydrogens (tertiary/aromatic N) is 2. The van der Waals surface area contributed by atoms with Crippen molar-refractivity contribution in [2.24, 2.45) is 0 Å². The van der Waals surface area contributed by atoms with Crippen LogP contribution in [0.1, 0.15) is 18.2 Å². The van der Waals surface area contributed by atoms with Gasteiger partial charge < -0.3 is 15.0 Å². The molecule has 2 heterocycles. The first kappa shape index (κ1) is 16.3. The summed E-state index contributed by atoms with van der Waals surface area (Å²) in [7, 11) is 1.65. The van der Waals surface area contributed by atoms with E-state index in [4.69, 9.17) is 4.74 Å². The zero-order valence-electron chi connectivity index (χ0n) is 12.9. The maximum absolute atomic E-state index is 12.2. The minimum atomic E-state index is 0.0255. The number of amides is 2. The molecule has 5 nitrogen and oxygen atoms in total. The van der Waals surface area contributed by atoms with E-state index in [2.05, 4.69) is 27.7 Å². The van der Waals surface area contributed by atoms with Gasteiger partial charge in [-0.15, -0.1) is 11.3 Å². The van der Waals surface area contributed by atoms with Crippen LogP contribution in [0.2, 0.25) is 0 Å². The van der Waals surface area contributed by atoms with Crippen molar-refractivity contribution in [3.05, 3.63) is 22.4 Å². The summed E-state index contributed by atoms with van der Waals surface area (Å²) in [4.78, 5) is 17.9. The summed E-state index contributed by atoms with van der Waals surface area (Å²) < 4.78 is 5.05. The van der Waals surface area contributed by atoms with Crippen LogP contribution in [-0.4, -0.2) is 61.8 Å². The topological polar surface area (TPSA) is 44.8 Å². The van der Waals surface area contributed by atoms with Crippen LogP contribution in [0.5, 0.6) is 0 Å². The first-order valence-corrected chi connectivity index (χ1v) is 8.36. The molecule has 1 fully saturated rings. The Morgan fingerprint density at radius 2 is 2.29 bits per heavy atom. The smallest absolute Gasteiger partial charge is 0.317 e. The van der Waals surface area contributed by atoms with Gasteiger partial charge in [0.25, 0.3) is 0 Å². The predicted octanol–water partition coefficient (Wildman–Crippen LogP) is 2.00. The van der Waals surface area contributed by atoms with E-state index >= 15 is 0 Å². The van der Waals surface area contributed by atoms with E-state index in [0.717, 1.165) is 39.1 Å². The van der Waals surface area contributed by atoms with Crippen LogP contribution < -0.4 is 5.32 Å². The van der Waals surface area contributed by atoms with Gasteiger partial charge in [0.2, 0.25) is 0 Å². The zero-order chi connectivity index (χ0) is 15.1. The van der Waals surface area contributed by atoms with Gasteiger partial charge in [-0.2, -0.15) is 0 Å². The Kier molecular flexibility index (Phi) is 6.48. The first-order valence-electron chi connectivity index (χ1n) is 7.48. The molecule has 6 heteroatoms. The molecule has 2 amide bonds. The molecule has 0 aliphatic carbocycles. The van der Waals surface area contributed by atoms with E-state index in [1.54, 1.807) is 18.4 Å². The van der Waals surface area contributed by atoms with Crippen molar-refractivity contribution in [3.63, 3.8) is 0 Å². The van der Waals surface area contributed by atoms with E-state index in [0.29, 0.717) is 6.61 Å². The lowest BCUT2D eigenvalue weighted by Crippen LogP contribution is -2.46. The van der Waals surface area contributed by atoms with Gasteiger partial charge in [-0.3, -0.25) is 4.90 Å². The lowest BCUT2D eigenvalue weighted by molar-refractivity contribution is 0.159. The van der Waals surface area contributed by atoms with E-state index in [1.165, 1.54) is 4.88 Å². The molecule has 118 valence electrons. The van der Waals surface area contributed by atoms with Gasteiger partial charge in [-0.1, -0.05) is 6.07 Å². The molecule has 1 aliphatic heterocycles. The number of ether oxygens (including phenoxy) is 1. The quantitative estimate of drug-likeness (QED) is 0.904. The highest BCUT2D eigenvalue weighted by Crippen LogP contribution is 2.13. The average Bonchev–Trinajstić information content (AvgIpc) is 2.83. The third kappa shape index (κ3) is 5.30. The van der Waals surface area contributed by atoms with Gasteiger partial charge in [0, 0.05) is 44.7 Å². The average molecular weight is 311 g/mol. The number of hydrogen-bond donors (Lipinski definition) is 1. The molecule has 1 aliphatic rings. The summed E-state index contributed by atoms with van der Waals surface area (Å²) in [5.74, 6) is 0. The van der Waals surface area contributed by atoms with E-state index in [1.807, 2.05) is 11.8 Å². The van der Waals surface area contributed by atoms with Crippen LogP contribution in [0.4, 0.5) is 4.79 Å². The number of rotatable bonds is 5. The largest absolute Gasteiger partial charge is 0.383 e. The van der Waals surface area contributed by atoms with E-state index < -0.39 is 0 Å². The number of carbonyl (C=O) groups excluding carboxylic acids is 1. The van der Waals surface area contributed by atoms with Crippen LogP contribution in [0.25, 0.3) is 0 Å². The van der Waals surface area contributed by atoms with Crippen LogP contribution >= 0.6 is 11.3 Å². The van der Waals surface area contributed by atoms with Crippen LogP contribution in [0, 0.1) is 0 Å². The Hall–Kier alpha value is -1.11. The Balaban J connectivity index is 1.78. The molecule has 0 saturated carbocycles. The molecule has 1 saturated heterocycles. The molecule has 21 heavy (non-hydrogen) atoms. The summed E-state index contributed by atoms with van der Waals surface area (Å²) in [5, 5.41) is 5.10. The molecule has 1 aromatic heterocycles. The SMILES string of the molecule is COC[C@@H](C)NC(=O)N1CCCN(Cc2cccs2)CC1. The summed E-state index contributed by atoms with van der Waals surface area (Å²) in [5.41, 5.74) is 0. The van der Waals surface area contributed by atoms with Crippen LogP contribution in [-0.2, 0) is 11.3 Å². The maximum Gasteiger partial charge on any atom is 0.317 e. The van der Waals surface area contributed by atoms with Crippen molar-refractivity contribution >= 4 is 17.4 Å². The summed E-state index contributed by atoms with van der Waals surface area (Å²) in [6.07, 6.45) is 1.03. The molecule has 0 spiro atoms. The monoisotopic (exact) mass is 311 g/mol. The minimum Gasteiger partial charge on any atom is -0.383 e. The minimum absolute atomic E-state index is 0.0255. The molecular formula is C15H25N3O2S. The fourth-order valence-corrected chi connectivity index (χ4v) is 3.29. The third-order valence-corrected chi connectivity index (χ3v) is 4.48. The van der Waals surface area contributed by atoms with Gasteiger partial charge in [-0.25, -0.2) is 4.79 Å². The van der Waals surface area contributed by atoms with Gasteiger partial charge >= 0.3 is 6.03 Å². The Labute approximate surface area is 130 Å². The fourth-order valence-electron chi connectivity index (χ4n) is 2.55. The molecular weight excluding hydrogens is 286 g/mol. The lowest BCUT2D eigenvalue weighted by atomic mass is 10.3. The number of urea groups is 1. The van der Waals surface area contributed by atoms with E-state index in [-0.39, 0.29) is 12.1 Å². The number of nitrogens with one attached hydrogen (secondary N) is 1. The van der Waals surface area contributed by atoms with E-state index in [9.17, 15) is 4.79 Å². The molecule has 1 N–H and O–H groups in total. The van der Waals surface area contributed by atoms with Crippen LogP contribution in [0.15, 0.2) is 17.5 Å². The molecule has 2 rings (SSSR count). The summed E-state index contributed by atoms with van der Waals surface area (Å²) in [6.45, 7) is 7.10. The van der Waals surface area contributed by atoms with Crippen LogP contribution in [0.3, 0.4) is 0 Å². The number of methoxy groups -OCH3 is 1. The maximum atomic E-state index is 12.2. The number of hydrogen-bond acceptors (Lipinski definition) is 4. The highest BCUT2D eigenvalue weighted by atomic mass is 32.1. The van der Waals surface area contributed by atoms with Gasteiger partial charge in [0.1, 0.15) is 0 Å². The van der Waals surface area contributed by atoms with Crippen molar-refractivity contribution in [3.8, 4) is 0 Å². The Bertz CT molecular complexity index is 425. The lowest BCUT2D eigenvalue weighted by Gasteiger charge is -2.24. The predicted molar refractivity (Wildman–Crippen MR) is 85.7 cm³/mol. The molecule has 1 atom stereocenters. The van der Waals surface area contributed by atoms with Crippen molar-refractivity contribution < 1.29 is 9.53 Å². The van der Waals surface area contributed by atoms with Crippen molar-refractivity contribution in [1.82, 2.24) is 15.1 Å². The molecule has 1 aromatic rings. The summed E-state index contributed by atoms with van der Waals surface area (Å²) >= 11 is 1.80. The molecule has 0 radical (unpaired) electrons. The first-order chi connectivity index (χ1) is 10.2. The normalized spacial score (nSPS) is 18.3. The Morgan fingerprint density at radius 3 is 3.00 bits per heavy atom. The second-order valence-electron chi connectivity index (χ2n) is 5.50. The van der Waals surface area contributed by atoms with Crippen molar-refractivity contribution in [1.29, 1.82) is 0 Å². The summed E-state index contributed by atoms with van der Waals surface area (Å²) in [6, 6.07) is 4.34. The third-order valence-electron chi connectivity index (χ3n) is 3.62. The second kappa shape index (κ2) is 8.36. The highest BCUT2D eigenvalue weighted by Gasteiger charge is 2.20. The number of thiophene rings is 1. The molecule has 0 bridgehead atoms. The van der Waals surface area contributed by atoms with Crippen molar-refractivity contribution in [2.75, 3.05) is 39.9 Å². The van der Waals surface area contributed by atoms with Gasteiger partial charge in [-0.05, 0) is 24.8 Å². The highest BCUT2D eigenvalue weighted by molar-refractivity contribution is 7.09. The van der Waals surface area contributed by atoms with Crippen molar-refractivity contribution in [2.45, 2.75) is 25.9 Å². The standard InChI is InChI=1S/C15H25N3O2S/c1-13(12-20-2)16-15(19)18-7-4-6-17(8-9-18)11-14-5-3-10-21-14/h3,5,10,13H,4,6-9,11-12H2,1-2H3,(H,16,19)/t13-/m1/s1. The molecule has 0 aromatic carbocycles. The Morgan fingerprint density at radius 1 is 1.43 bits per heavy atom. The second-order valence-corrected chi connectivity index (χ2v) is 6.53. The zero-order valence-corrected chi connectivity index (χ0v) is 13.7. The fraction of sp³-hybridized carbons (Fsp3) is 0.667. The number of carbonyl (C=O) groups is 1. The van der Waals surface area contributed by atoms with Gasteiger partial charge in [0.15, 0.2) is 0 Å². The van der Waals surface area contributed by atoms with Gasteiger partial charge in [0.05, 0.1) is 12.6 Å². The molecule has 0 unspecified atom stereocenters.